The highest BCUT2D eigenvalue weighted by Gasteiger charge is 2.27. The Morgan fingerprint density at radius 1 is 1.33 bits per heavy atom. The first kappa shape index (κ1) is 14.5. The first-order valence-electron chi connectivity index (χ1n) is 7.60. The van der Waals surface area contributed by atoms with Crippen molar-refractivity contribution < 1.29 is 9.90 Å². The molecule has 112 valence electrons. The maximum atomic E-state index is 12.6. The van der Waals surface area contributed by atoms with Gasteiger partial charge < -0.3 is 10.4 Å². The summed E-state index contributed by atoms with van der Waals surface area (Å²) >= 11 is 1.55. The topological polar surface area (TPSA) is 49.3 Å². The highest BCUT2D eigenvalue weighted by molar-refractivity contribution is 7.21. The van der Waals surface area contributed by atoms with Crippen LogP contribution in [0.3, 0.4) is 0 Å². The molecule has 21 heavy (non-hydrogen) atoms. The predicted octanol–water partition coefficient (Wildman–Crippen LogP) is 3.49. The number of hydrogen-bond donors (Lipinski definition) is 2. The van der Waals surface area contributed by atoms with Crippen LogP contribution in [-0.2, 0) is 0 Å². The first-order valence-corrected chi connectivity index (χ1v) is 8.42. The zero-order valence-corrected chi connectivity index (χ0v) is 13.1. The summed E-state index contributed by atoms with van der Waals surface area (Å²) < 4.78 is 1.16. The Hall–Kier alpha value is -1.39. The molecule has 1 aromatic carbocycles. The lowest BCUT2D eigenvalue weighted by molar-refractivity contribution is 0.0876. The van der Waals surface area contributed by atoms with Crippen molar-refractivity contribution >= 4 is 27.3 Å². The number of amides is 1. The molecule has 1 saturated carbocycles. The van der Waals surface area contributed by atoms with Crippen molar-refractivity contribution in [1.29, 1.82) is 0 Å². The lowest BCUT2D eigenvalue weighted by atomic mass is 9.85. The molecule has 2 atom stereocenters. The van der Waals surface area contributed by atoms with Gasteiger partial charge in [-0.15, -0.1) is 11.3 Å². The molecule has 1 fully saturated rings. The smallest absolute Gasteiger partial charge is 0.261 e. The molecule has 0 saturated heterocycles. The third-order valence-electron chi connectivity index (χ3n) is 4.51. The Balaban J connectivity index is 1.82. The molecule has 0 aliphatic heterocycles. The minimum Gasteiger partial charge on any atom is -0.396 e. The van der Waals surface area contributed by atoms with E-state index in [9.17, 15) is 9.90 Å². The van der Waals surface area contributed by atoms with E-state index < -0.39 is 0 Å². The first-order chi connectivity index (χ1) is 10.2. The number of fused-ring (bicyclic) bond motifs is 1. The molecule has 1 aliphatic carbocycles. The van der Waals surface area contributed by atoms with Crippen LogP contribution in [0.5, 0.6) is 0 Å². The maximum absolute atomic E-state index is 12.6. The lowest BCUT2D eigenvalue weighted by Crippen LogP contribution is -2.43. The number of aliphatic hydroxyl groups is 1. The standard InChI is InChI=1S/C17H21NO2S/c1-11-13-7-3-5-9-15(13)21-16(11)17(20)18-14-8-4-2-6-12(14)10-19/h3,5,7,9,12,14,19H,2,4,6,8,10H2,1H3,(H,18,20). The second kappa shape index (κ2) is 6.16. The van der Waals surface area contributed by atoms with E-state index in [0.29, 0.717) is 0 Å². The zero-order valence-electron chi connectivity index (χ0n) is 12.3. The average molecular weight is 303 g/mol. The van der Waals surface area contributed by atoms with E-state index in [1.54, 1.807) is 11.3 Å². The zero-order chi connectivity index (χ0) is 14.8. The van der Waals surface area contributed by atoms with Gasteiger partial charge in [-0.2, -0.15) is 0 Å². The monoisotopic (exact) mass is 303 g/mol. The van der Waals surface area contributed by atoms with Crippen LogP contribution < -0.4 is 5.32 Å². The van der Waals surface area contributed by atoms with Crippen molar-refractivity contribution in [2.24, 2.45) is 5.92 Å². The van der Waals surface area contributed by atoms with Crippen LogP contribution in [0.1, 0.15) is 40.9 Å². The number of nitrogens with one attached hydrogen (secondary N) is 1. The van der Waals surface area contributed by atoms with Gasteiger partial charge >= 0.3 is 0 Å². The number of hydrogen-bond acceptors (Lipinski definition) is 3. The number of thiophene rings is 1. The largest absolute Gasteiger partial charge is 0.396 e. The van der Waals surface area contributed by atoms with Crippen molar-refractivity contribution in [2.45, 2.75) is 38.6 Å². The Morgan fingerprint density at radius 3 is 2.86 bits per heavy atom. The highest BCUT2D eigenvalue weighted by Crippen LogP contribution is 2.31. The summed E-state index contributed by atoms with van der Waals surface area (Å²) in [6.45, 7) is 2.18. The van der Waals surface area contributed by atoms with E-state index in [1.807, 2.05) is 19.1 Å². The maximum Gasteiger partial charge on any atom is 0.261 e. The number of aryl methyl sites for hydroxylation is 1. The minimum absolute atomic E-state index is 0.0130. The van der Waals surface area contributed by atoms with E-state index in [4.69, 9.17) is 0 Å². The molecule has 2 N–H and O–H groups in total. The Labute approximate surface area is 129 Å². The van der Waals surface area contributed by atoms with Crippen molar-refractivity contribution in [1.82, 2.24) is 5.32 Å². The fourth-order valence-corrected chi connectivity index (χ4v) is 4.35. The van der Waals surface area contributed by atoms with Gasteiger partial charge in [0.25, 0.3) is 5.91 Å². The number of carbonyl (C=O) groups is 1. The number of carbonyl (C=O) groups excluding carboxylic acids is 1. The van der Waals surface area contributed by atoms with E-state index in [1.165, 1.54) is 0 Å². The summed E-state index contributed by atoms with van der Waals surface area (Å²) in [6.07, 6.45) is 4.26. The quantitative estimate of drug-likeness (QED) is 0.912. The van der Waals surface area contributed by atoms with Gasteiger partial charge in [-0.1, -0.05) is 31.0 Å². The van der Waals surface area contributed by atoms with Crippen LogP contribution in [-0.4, -0.2) is 23.7 Å². The van der Waals surface area contributed by atoms with E-state index in [-0.39, 0.29) is 24.5 Å². The van der Waals surface area contributed by atoms with Crippen LogP contribution >= 0.6 is 11.3 Å². The summed E-state index contributed by atoms with van der Waals surface area (Å²) in [6, 6.07) is 8.24. The van der Waals surface area contributed by atoms with Crippen LogP contribution in [0.2, 0.25) is 0 Å². The molecule has 2 unspecified atom stereocenters. The fourth-order valence-electron chi connectivity index (χ4n) is 3.24. The van der Waals surface area contributed by atoms with Crippen molar-refractivity contribution in [3.8, 4) is 0 Å². The lowest BCUT2D eigenvalue weighted by Gasteiger charge is -2.30. The Morgan fingerprint density at radius 2 is 2.10 bits per heavy atom. The number of rotatable bonds is 3. The number of benzene rings is 1. The Kier molecular flexibility index (Phi) is 4.27. The van der Waals surface area contributed by atoms with Crippen molar-refractivity contribution in [2.75, 3.05) is 6.61 Å². The number of aliphatic hydroxyl groups excluding tert-OH is 1. The van der Waals surface area contributed by atoms with E-state index in [0.717, 1.165) is 46.2 Å². The molecule has 2 aromatic rings. The average Bonchev–Trinajstić information content (AvgIpc) is 2.85. The minimum atomic E-state index is 0.0130. The summed E-state index contributed by atoms with van der Waals surface area (Å²) in [4.78, 5) is 13.4. The summed E-state index contributed by atoms with van der Waals surface area (Å²) in [7, 11) is 0. The molecule has 0 bridgehead atoms. The molecule has 0 radical (unpaired) electrons. The van der Waals surface area contributed by atoms with E-state index >= 15 is 0 Å². The molecular formula is C17H21NO2S. The summed E-state index contributed by atoms with van der Waals surface area (Å²) in [5, 5.41) is 13.8. The normalized spacial score (nSPS) is 22.4. The van der Waals surface area contributed by atoms with Gasteiger partial charge in [-0.05, 0) is 36.8 Å². The third kappa shape index (κ3) is 2.83. The van der Waals surface area contributed by atoms with Crippen LogP contribution in [0.4, 0.5) is 0 Å². The van der Waals surface area contributed by atoms with Gasteiger partial charge in [0.1, 0.15) is 0 Å². The third-order valence-corrected chi connectivity index (χ3v) is 5.78. The second-order valence-electron chi connectivity index (χ2n) is 5.86. The van der Waals surface area contributed by atoms with Crippen LogP contribution in [0.15, 0.2) is 24.3 Å². The molecule has 3 nitrogen and oxygen atoms in total. The highest BCUT2D eigenvalue weighted by atomic mass is 32.1. The van der Waals surface area contributed by atoms with Gasteiger partial charge in [0.15, 0.2) is 0 Å². The predicted molar refractivity (Wildman–Crippen MR) is 86.9 cm³/mol. The van der Waals surface area contributed by atoms with E-state index in [2.05, 4.69) is 17.4 Å². The summed E-state index contributed by atoms with van der Waals surface area (Å²) in [5.74, 6) is 0.219. The molecule has 1 amide bonds. The molecule has 3 rings (SSSR count). The van der Waals surface area contributed by atoms with Crippen molar-refractivity contribution in [3.05, 3.63) is 34.7 Å². The fraction of sp³-hybridized carbons (Fsp3) is 0.471. The molecule has 0 spiro atoms. The molecule has 1 heterocycles. The summed E-state index contributed by atoms with van der Waals surface area (Å²) in [5.41, 5.74) is 1.06. The molecule has 4 heteroatoms. The van der Waals surface area contributed by atoms with Gasteiger partial charge in [-0.25, -0.2) is 0 Å². The van der Waals surface area contributed by atoms with Gasteiger partial charge in [-0.3, -0.25) is 4.79 Å². The molecule has 1 aromatic heterocycles. The van der Waals surface area contributed by atoms with Gasteiger partial charge in [0, 0.05) is 23.3 Å². The molecular weight excluding hydrogens is 282 g/mol. The van der Waals surface area contributed by atoms with Crippen LogP contribution in [0.25, 0.3) is 10.1 Å². The second-order valence-corrected chi connectivity index (χ2v) is 6.91. The van der Waals surface area contributed by atoms with Crippen molar-refractivity contribution in [3.63, 3.8) is 0 Å². The van der Waals surface area contributed by atoms with Crippen LogP contribution in [0, 0.1) is 12.8 Å². The van der Waals surface area contributed by atoms with Gasteiger partial charge in [0.2, 0.25) is 0 Å². The SMILES string of the molecule is Cc1c(C(=O)NC2CCCCC2CO)sc2ccccc12. The molecule has 1 aliphatic rings. The van der Waals surface area contributed by atoms with Gasteiger partial charge in [0.05, 0.1) is 4.88 Å². The Bertz CT molecular complexity index is 649.